The number of methoxy groups -OCH3 is 1. The van der Waals surface area contributed by atoms with E-state index in [0.29, 0.717) is 47.4 Å². The second kappa shape index (κ2) is 11.1. The second-order valence-electron chi connectivity index (χ2n) is 8.64. The van der Waals surface area contributed by atoms with Crippen LogP contribution in [0.4, 0.5) is 11.5 Å². The van der Waals surface area contributed by atoms with Gasteiger partial charge in [-0.2, -0.15) is 14.6 Å². The smallest absolute Gasteiger partial charge is 0.248 e. The molecule has 10 heteroatoms. The summed E-state index contributed by atoms with van der Waals surface area (Å²) in [4.78, 5) is 18.6. The number of amides is 1. The third-order valence-corrected chi connectivity index (χ3v) is 7.06. The number of hydrogen-bond acceptors (Lipinski definition) is 7. The van der Waals surface area contributed by atoms with E-state index in [1.165, 1.54) is 7.11 Å². The second-order valence-corrected chi connectivity index (χ2v) is 9.44. The molecule has 1 aliphatic heterocycles. The van der Waals surface area contributed by atoms with Crippen LogP contribution in [0.1, 0.15) is 30.9 Å². The average Bonchev–Trinajstić information content (AvgIpc) is 3.30. The fourth-order valence-corrected chi connectivity index (χ4v) is 4.64. The Morgan fingerprint density at radius 2 is 2.06 bits per heavy atom. The number of carbonyl (C=O) groups is 1. The Kier molecular flexibility index (Phi) is 7.92. The molecule has 1 saturated heterocycles. The van der Waals surface area contributed by atoms with Crippen molar-refractivity contribution in [2.45, 2.75) is 19.8 Å². The van der Waals surface area contributed by atoms with Crippen molar-refractivity contribution in [2.24, 2.45) is 5.92 Å². The molecule has 0 spiro atoms. The lowest BCUT2D eigenvalue weighted by Gasteiger charge is -2.31. The van der Waals surface area contributed by atoms with Gasteiger partial charge in [0.2, 0.25) is 11.8 Å². The van der Waals surface area contributed by atoms with Gasteiger partial charge in [-0.15, -0.1) is 0 Å². The molecule has 3 N–H and O–H groups in total. The fraction of sp³-hybridized carbons (Fsp3) is 0.400. The van der Waals surface area contributed by atoms with Crippen LogP contribution in [0.3, 0.4) is 0 Å². The third kappa shape index (κ3) is 5.43. The molecule has 1 aromatic carbocycles. The highest BCUT2D eigenvalue weighted by Gasteiger charge is 2.24. The van der Waals surface area contributed by atoms with E-state index in [1.54, 1.807) is 10.7 Å². The van der Waals surface area contributed by atoms with E-state index in [2.05, 4.69) is 38.5 Å². The van der Waals surface area contributed by atoms with Gasteiger partial charge in [0, 0.05) is 38.5 Å². The number of likely N-dealkylation sites (tertiary alicyclic amines) is 1. The van der Waals surface area contributed by atoms with Crippen molar-refractivity contribution in [1.82, 2.24) is 19.5 Å². The first-order valence-corrected chi connectivity index (χ1v) is 12.4. The SMILES string of the molecule is CNc1ccccc1C=C(C)c1cnn2c(N)c(Br)c(OCC3CCN(C(=O)COC)CC3)nc12. The van der Waals surface area contributed by atoms with Gasteiger partial charge < -0.3 is 25.4 Å². The van der Waals surface area contributed by atoms with Crippen molar-refractivity contribution in [2.75, 3.05) is 51.5 Å². The minimum Gasteiger partial charge on any atom is -0.476 e. The summed E-state index contributed by atoms with van der Waals surface area (Å²) >= 11 is 3.53. The van der Waals surface area contributed by atoms with E-state index < -0.39 is 0 Å². The van der Waals surface area contributed by atoms with Crippen LogP contribution < -0.4 is 15.8 Å². The van der Waals surface area contributed by atoms with Crippen LogP contribution in [0.5, 0.6) is 5.88 Å². The summed E-state index contributed by atoms with van der Waals surface area (Å²) in [6.45, 7) is 4.07. The van der Waals surface area contributed by atoms with Gasteiger partial charge in [-0.05, 0) is 64.9 Å². The Balaban J connectivity index is 1.52. The first kappa shape index (κ1) is 25.0. The lowest BCUT2D eigenvalue weighted by molar-refractivity contribution is -0.136. The largest absolute Gasteiger partial charge is 0.476 e. The van der Waals surface area contributed by atoms with E-state index in [-0.39, 0.29) is 12.5 Å². The van der Waals surface area contributed by atoms with Crippen molar-refractivity contribution in [1.29, 1.82) is 0 Å². The van der Waals surface area contributed by atoms with Crippen molar-refractivity contribution < 1.29 is 14.3 Å². The maximum Gasteiger partial charge on any atom is 0.248 e. The quantitative estimate of drug-likeness (QED) is 0.443. The summed E-state index contributed by atoms with van der Waals surface area (Å²) in [5.41, 5.74) is 11.0. The molecule has 1 fully saturated rings. The molecule has 0 aliphatic carbocycles. The number of nitrogens with zero attached hydrogens (tertiary/aromatic N) is 4. The minimum absolute atomic E-state index is 0.0310. The molecule has 2 aromatic heterocycles. The first-order valence-electron chi connectivity index (χ1n) is 11.6. The highest BCUT2D eigenvalue weighted by atomic mass is 79.9. The van der Waals surface area contributed by atoms with E-state index in [9.17, 15) is 4.79 Å². The van der Waals surface area contributed by atoms with Crippen LogP contribution in [0.15, 0.2) is 34.9 Å². The molecule has 1 amide bonds. The number of fused-ring (bicyclic) bond motifs is 1. The predicted molar refractivity (Wildman–Crippen MR) is 141 cm³/mol. The summed E-state index contributed by atoms with van der Waals surface area (Å²) in [5, 5.41) is 7.67. The van der Waals surface area contributed by atoms with Crippen LogP contribution in [0, 0.1) is 5.92 Å². The predicted octanol–water partition coefficient (Wildman–Crippen LogP) is 3.94. The molecule has 0 radical (unpaired) electrons. The monoisotopic (exact) mass is 542 g/mol. The Morgan fingerprint density at radius 3 is 2.77 bits per heavy atom. The molecular weight excluding hydrogens is 512 g/mol. The lowest BCUT2D eigenvalue weighted by Crippen LogP contribution is -2.41. The summed E-state index contributed by atoms with van der Waals surface area (Å²) in [6, 6.07) is 8.10. The molecule has 3 heterocycles. The van der Waals surface area contributed by atoms with Gasteiger partial charge in [0.25, 0.3) is 0 Å². The van der Waals surface area contributed by atoms with Crippen LogP contribution >= 0.6 is 15.9 Å². The van der Waals surface area contributed by atoms with E-state index in [1.807, 2.05) is 37.1 Å². The van der Waals surface area contributed by atoms with Crippen molar-refractivity contribution in [3.63, 3.8) is 0 Å². The number of benzene rings is 1. The lowest BCUT2D eigenvalue weighted by atomic mass is 9.98. The standard InChI is InChI=1S/C25H31BrN6O3/c1-16(12-18-6-4-5-7-20(18)28-2)19-13-29-32-23(27)22(26)25(30-24(19)32)35-14-17-8-10-31(11-9-17)21(33)15-34-3/h4-7,12-13,17,28H,8-11,14-15,27H2,1-3H3. The number of carbonyl (C=O) groups excluding carboxylic acids is 1. The molecular formula is C25H31BrN6O3. The highest BCUT2D eigenvalue weighted by Crippen LogP contribution is 2.33. The van der Waals surface area contributed by atoms with E-state index >= 15 is 0 Å². The Labute approximate surface area is 213 Å². The molecule has 186 valence electrons. The van der Waals surface area contributed by atoms with Gasteiger partial charge in [0.1, 0.15) is 16.9 Å². The number of ether oxygens (including phenoxy) is 2. The number of rotatable bonds is 8. The van der Waals surface area contributed by atoms with Crippen molar-refractivity contribution in [3.8, 4) is 5.88 Å². The highest BCUT2D eigenvalue weighted by molar-refractivity contribution is 9.10. The zero-order chi connectivity index (χ0) is 24.9. The number of anilines is 2. The summed E-state index contributed by atoms with van der Waals surface area (Å²) in [5.74, 6) is 1.23. The summed E-state index contributed by atoms with van der Waals surface area (Å²) < 4.78 is 13.3. The topological polar surface area (TPSA) is 107 Å². The summed E-state index contributed by atoms with van der Waals surface area (Å²) in [7, 11) is 3.44. The van der Waals surface area contributed by atoms with Gasteiger partial charge in [-0.1, -0.05) is 18.2 Å². The van der Waals surface area contributed by atoms with Gasteiger partial charge in [-0.3, -0.25) is 4.79 Å². The molecule has 1 aliphatic rings. The van der Waals surface area contributed by atoms with Crippen LogP contribution in [-0.4, -0.2) is 65.9 Å². The third-order valence-electron chi connectivity index (χ3n) is 6.31. The zero-order valence-corrected chi connectivity index (χ0v) is 21.8. The van der Waals surface area contributed by atoms with E-state index in [4.69, 9.17) is 20.2 Å². The molecule has 35 heavy (non-hydrogen) atoms. The normalized spacial score (nSPS) is 15.0. The number of allylic oxidation sites excluding steroid dienone is 1. The van der Waals surface area contributed by atoms with Gasteiger partial charge >= 0.3 is 0 Å². The number of nitrogen functional groups attached to an aromatic ring is 1. The Morgan fingerprint density at radius 1 is 1.31 bits per heavy atom. The molecule has 4 rings (SSSR count). The number of halogens is 1. The molecule has 0 unspecified atom stereocenters. The maximum atomic E-state index is 12.0. The number of nitrogens with one attached hydrogen (secondary N) is 1. The minimum atomic E-state index is 0.0310. The number of aromatic nitrogens is 3. The Bertz CT molecular complexity index is 1230. The van der Waals surface area contributed by atoms with Crippen LogP contribution in [0.2, 0.25) is 0 Å². The zero-order valence-electron chi connectivity index (χ0n) is 20.3. The number of hydrogen-bond donors (Lipinski definition) is 2. The van der Waals surface area contributed by atoms with E-state index in [0.717, 1.165) is 35.2 Å². The maximum absolute atomic E-state index is 12.0. The Hall–Kier alpha value is -3.11. The molecule has 0 bridgehead atoms. The average molecular weight is 543 g/mol. The molecule has 9 nitrogen and oxygen atoms in total. The van der Waals surface area contributed by atoms with Crippen LogP contribution in [0.25, 0.3) is 17.3 Å². The van der Waals surface area contributed by atoms with Gasteiger partial charge in [0.05, 0.1) is 12.8 Å². The van der Waals surface area contributed by atoms with Crippen LogP contribution in [-0.2, 0) is 9.53 Å². The molecule has 0 saturated carbocycles. The van der Waals surface area contributed by atoms with Crippen molar-refractivity contribution >= 4 is 50.6 Å². The van der Waals surface area contributed by atoms with Gasteiger partial charge in [-0.25, -0.2) is 0 Å². The number of para-hydroxylation sites is 1. The number of nitrogens with two attached hydrogens (primary N) is 1. The molecule has 3 aromatic rings. The number of piperidine rings is 1. The fourth-order valence-electron chi connectivity index (χ4n) is 4.27. The first-order chi connectivity index (χ1) is 16.9. The summed E-state index contributed by atoms with van der Waals surface area (Å²) in [6.07, 6.45) is 5.61. The molecule has 0 atom stereocenters. The van der Waals surface area contributed by atoms with Gasteiger partial charge in [0.15, 0.2) is 5.65 Å². The van der Waals surface area contributed by atoms with Crippen molar-refractivity contribution in [3.05, 3.63) is 46.1 Å².